The number of benzene rings is 1. The maximum atomic E-state index is 4.61. The molecule has 0 amide bonds. The Balaban J connectivity index is 2.71. The van der Waals surface area contributed by atoms with Gasteiger partial charge in [-0.1, -0.05) is 38.1 Å². The molecule has 2 nitrogen and oxygen atoms in total. The van der Waals surface area contributed by atoms with E-state index in [0.717, 1.165) is 11.5 Å². The van der Waals surface area contributed by atoms with Crippen molar-refractivity contribution in [1.29, 1.82) is 0 Å². The smallest absolute Gasteiger partial charge is 0.133 e. The summed E-state index contributed by atoms with van der Waals surface area (Å²) >= 11 is 0. The second-order valence-corrected chi connectivity index (χ2v) is 4.02. The first-order valence-corrected chi connectivity index (χ1v) is 5.30. The molecule has 1 N–H and O–H groups in total. The van der Waals surface area contributed by atoms with E-state index in [9.17, 15) is 0 Å². The fourth-order valence-electron chi connectivity index (χ4n) is 1.71. The van der Waals surface area contributed by atoms with Crippen LogP contribution in [-0.4, -0.2) is 12.0 Å². The van der Waals surface area contributed by atoms with Crippen molar-refractivity contribution in [3.8, 4) is 0 Å². The van der Waals surface area contributed by atoms with E-state index < -0.39 is 0 Å². The average Bonchev–Trinajstić information content (AvgIpc) is 2.27. The van der Waals surface area contributed by atoms with Gasteiger partial charge in [-0.15, -0.1) is 0 Å². The first kappa shape index (κ1) is 9.97. The van der Waals surface area contributed by atoms with Gasteiger partial charge in [-0.2, -0.15) is 0 Å². The van der Waals surface area contributed by atoms with Crippen molar-refractivity contribution in [3.63, 3.8) is 0 Å². The van der Waals surface area contributed by atoms with Gasteiger partial charge < -0.3 is 5.32 Å². The van der Waals surface area contributed by atoms with Crippen molar-refractivity contribution in [1.82, 2.24) is 4.98 Å². The third-order valence-electron chi connectivity index (χ3n) is 2.59. The first-order chi connectivity index (χ1) is 7.22. The highest BCUT2D eigenvalue weighted by molar-refractivity contribution is 5.92. The summed E-state index contributed by atoms with van der Waals surface area (Å²) in [4.78, 5) is 4.61. The lowest BCUT2D eigenvalue weighted by Gasteiger charge is -2.10. The zero-order chi connectivity index (χ0) is 10.8. The van der Waals surface area contributed by atoms with Crippen LogP contribution in [0.1, 0.15) is 25.5 Å². The van der Waals surface area contributed by atoms with Crippen molar-refractivity contribution < 1.29 is 0 Å². The number of hydrogen-bond acceptors (Lipinski definition) is 2. The van der Waals surface area contributed by atoms with Crippen molar-refractivity contribution in [2.45, 2.75) is 19.8 Å². The van der Waals surface area contributed by atoms with Crippen LogP contribution < -0.4 is 5.32 Å². The number of nitrogens with zero attached hydrogens (tertiary/aromatic N) is 1. The number of pyridine rings is 1. The van der Waals surface area contributed by atoms with E-state index in [1.54, 1.807) is 0 Å². The van der Waals surface area contributed by atoms with E-state index in [1.807, 2.05) is 13.1 Å². The zero-order valence-electron chi connectivity index (χ0n) is 9.41. The lowest BCUT2D eigenvalue weighted by atomic mass is 10.1. The van der Waals surface area contributed by atoms with Gasteiger partial charge in [0.05, 0.1) is 0 Å². The Morgan fingerprint density at radius 3 is 2.60 bits per heavy atom. The summed E-state index contributed by atoms with van der Waals surface area (Å²) in [5.74, 6) is 1.43. The molecule has 2 aromatic rings. The van der Waals surface area contributed by atoms with Crippen LogP contribution in [0.15, 0.2) is 30.3 Å². The van der Waals surface area contributed by atoms with Crippen LogP contribution in [0.2, 0.25) is 0 Å². The fourth-order valence-corrected chi connectivity index (χ4v) is 1.71. The summed E-state index contributed by atoms with van der Waals surface area (Å²) in [6.45, 7) is 4.33. The molecule has 0 aliphatic carbocycles. The molecule has 0 aliphatic heterocycles. The SMILES string of the molecule is CNc1nc(C(C)C)cc2ccccc12. The van der Waals surface area contributed by atoms with E-state index in [2.05, 4.69) is 48.4 Å². The number of rotatable bonds is 2. The van der Waals surface area contributed by atoms with E-state index in [4.69, 9.17) is 0 Å². The Bertz CT molecular complexity index is 475. The van der Waals surface area contributed by atoms with Gasteiger partial charge in [0.25, 0.3) is 0 Å². The van der Waals surface area contributed by atoms with Gasteiger partial charge in [0.1, 0.15) is 5.82 Å². The molecule has 15 heavy (non-hydrogen) atoms. The second kappa shape index (κ2) is 3.89. The zero-order valence-corrected chi connectivity index (χ0v) is 9.41. The van der Waals surface area contributed by atoms with Crippen LogP contribution in [0, 0.1) is 0 Å². The van der Waals surface area contributed by atoms with Gasteiger partial charge >= 0.3 is 0 Å². The molecular formula is C13H16N2. The Morgan fingerprint density at radius 2 is 1.93 bits per heavy atom. The molecule has 2 heteroatoms. The van der Waals surface area contributed by atoms with Crippen molar-refractivity contribution in [3.05, 3.63) is 36.0 Å². The molecule has 0 saturated heterocycles. The lowest BCUT2D eigenvalue weighted by Crippen LogP contribution is -1.99. The standard InChI is InChI=1S/C13H16N2/c1-9(2)12-8-10-6-4-5-7-11(10)13(14-3)15-12/h4-9H,1-3H3,(H,14,15). The normalized spacial score (nSPS) is 10.9. The number of aromatic nitrogens is 1. The van der Waals surface area contributed by atoms with Crippen molar-refractivity contribution >= 4 is 16.6 Å². The van der Waals surface area contributed by atoms with Crippen LogP contribution >= 0.6 is 0 Å². The molecule has 0 bridgehead atoms. The second-order valence-electron chi connectivity index (χ2n) is 4.02. The van der Waals surface area contributed by atoms with Crippen LogP contribution in [0.5, 0.6) is 0 Å². The molecule has 1 aromatic heterocycles. The Kier molecular flexibility index (Phi) is 2.58. The lowest BCUT2D eigenvalue weighted by molar-refractivity contribution is 0.827. The summed E-state index contributed by atoms with van der Waals surface area (Å²) in [6, 6.07) is 10.5. The third kappa shape index (κ3) is 1.80. The summed E-state index contributed by atoms with van der Waals surface area (Å²) in [7, 11) is 1.92. The van der Waals surface area contributed by atoms with Gasteiger partial charge in [0, 0.05) is 18.1 Å². The van der Waals surface area contributed by atoms with E-state index in [-0.39, 0.29) is 0 Å². The van der Waals surface area contributed by atoms with Crippen LogP contribution in [0.4, 0.5) is 5.82 Å². The number of anilines is 1. The quantitative estimate of drug-likeness (QED) is 0.803. The van der Waals surface area contributed by atoms with Gasteiger partial charge in [-0.05, 0) is 17.4 Å². The molecule has 1 heterocycles. The minimum atomic E-state index is 0.460. The number of hydrogen-bond donors (Lipinski definition) is 1. The topological polar surface area (TPSA) is 24.9 Å². The fraction of sp³-hybridized carbons (Fsp3) is 0.308. The van der Waals surface area contributed by atoms with Gasteiger partial charge in [0.2, 0.25) is 0 Å². The predicted octanol–water partition coefficient (Wildman–Crippen LogP) is 3.40. The van der Waals surface area contributed by atoms with Crippen LogP contribution in [0.25, 0.3) is 10.8 Å². The van der Waals surface area contributed by atoms with E-state index >= 15 is 0 Å². The van der Waals surface area contributed by atoms with Gasteiger partial charge in [-0.25, -0.2) is 4.98 Å². The summed E-state index contributed by atoms with van der Waals surface area (Å²) in [5, 5.41) is 5.59. The molecule has 1 aromatic carbocycles. The molecular weight excluding hydrogens is 184 g/mol. The molecule has 0 spiro atoms. The Labute approximate surface area is 90.3 Å². The first-order valence-electron chi connectivity index (χ1n) is 5.30. The molecule has 0 aliphatic rings. The highest BCUT2D eigenvalue weighted by atomic mass is 15.0. The summed E-state index contributed by atoms with van der Waals surface area (Å²) in [5.41, 5.74) is 1.14. The van der Waals surface area contributed by atoms with Crippen molar-refractivity contribution in [2.24, 2.45) is 0 Å². The largest absolute Gasteiger partial charge is 0.373 e. The highest BCUT2D eigenvalue weighted by Gasteiger charge is 2.06. The molecule has 0 unspecified atom stereocenters. The minimum Gasteiger partial charge on any atom is -0.373 e. The van der Waals surface area contributed by atoms with Crippen LogP contribution in [0.3, 0.4) is 0 Å². The van der Waals surface area contributed by atoms with Crippen LogP contribution in [-0.2, 0) is 0 Å². The molecule has 0 radical (unpaired) electrons. The molecule has 0 fully saturated rings. The van der Waals surface area contributed by atoms with E-state index in [0.29, 0.717) is 5.92 Å². The van der Waals surface area contributed by atoms with Crippen molar-refractivity contribution in [2.75, 3.05) is 12.4 Å². The number of nitrogens with one attached hydrogen (secondary N) is 1. The number of fused-ring (bicyclic) bond motifs is 1. The predicted molar refractivity (Wildman–Crippen MR) is 65.4 cm³/mol. The Morgan fingerprint density at radius 1 is 1.20 bits per heavy atom. The maximum absolute atomic E-state index is 4.61. The van der Waals surface area contributed by atoms with Gasteiger partial charge in [-0.3, -0.25) is 0 Å². The van der Waals surface area contributed by atoms with Gasteiger partial charge in [0.15, 0.2) is 0 Å². The Hall–Kier alpha value is -1.57. The molecule has 0 atom stereocenters. The average molecular weight is 200 g/mol. The summed E-state index contributed by atoms with van der Waals surface area (Å²) in [6.07, 6.45) is 0. The minimum absolute atomic E-state index is 0.460. The molecule has 0 saturated carbocycles. The van der Waals surface area contributed by atoms with E-state index in [1.165, 1.54) is 10.8 Å². The molecule has 78 valence electrons. The summed E-state index contributed by atoms with van der Waals surface area (Å²) < 4.78 is 0. The monoisotopic (exact) mass is 200 g/mol. The highest BCUT2D eigenvalue weighted by Crippen LogP contribution is 2.25. The third-order valence-corrected chi connectivity index (χ3v) is 2.59. The maximum Gasteiger partial charge on any atom is 0.133 e. The molecule has 2 rings (SSSR count).